The number of amides is 3. The number of benzene rings is 2. The molecule has 31 heavy (non-hydrogen) atoms. The third-order valence-electron chi connectivity index (χ3n) is 4.66. The summed E-state index contributed by atoms with van der Waals surface area (Å²) in [4.78, 5) is 43.3. The number of hydrogen-bond acceptors (Lipinski definition) is 6. The van der Waals surface area contributed by atoms with Crippen LogP contribution in [0.2, 0.25) is 0 Å². The number of carbonyl (C=O) groups is 3. The van der Waals surface area contributed by atoms with E-state index in [9.17, 15) is 18.8 Å². The first kappa shape index (κ1) is 21.2. The molecular weight excluding hydrogens is 437 g/mol. The molecule has 0 unspecified atom stereocenters. The smallest absolute Gasteiger partial charge is 0.289 e. The van der Waals surface area contributed by atoms with Gasteiger partial charge in [0.25, 0.3) is 5.24 Å². The van der Waals surface area contributed by atoms with E-state index in [1.54, 1.807) is 18.3 Å². The first-order chi connectivity index (χ1) is 15.0. The minimum atomic E-state index is -0.523. The quantitative estimate of drug-likeness (QED) is 0.580. The Morgan fingerprint density at radius 2 is 1.81 bits per heavy atom. The molecule has 158 valence electrons. The van der Waals surface area contributed by atoms with Gasteiger partial charge in [-0.15, -0.1) is 11.3 Å². The molecule has 0 radical (unpaired) electrons. The number of aromatic nitrogens is 1. The van der Waals surface area contributed by atoms with Crippen molar-refractivity contribution in [2.45, 2.75) is 18.1 Å². The molecule has 0 saturated carbocycles. The second kappa shape index (κ2) is 9.40. The maximum absolute atomic E-state index is 13.0. The lowest BCUT2D eigenvalue weighted by Crippen LogP contribution is -2.38. The second-order valence-corrected chi connectivity index (χ2v) is 9.24. The number of nitrogens with zero attached hydrogens (tertiary/aromatic N) is 2. The number of thioether (sulfide) groups is 1. The van der Waals surface area contributed by atoms with Gasteiger partial charge in [-0.05, 0) is 29.7 Å². The Labute approximate surface area is 186 Å². The highest BCUT2D eigenvalue weighted by Gasteiger charge is 2.40. The first-order valence-electron chi connectivity index (χ1n) is 9.53. The molecule has 2 aromatic carbocycles. The van der Waals surface area contributed by atoms with E-state index in [-0.39, 0.29) is 18.3 Å². The summed E-state index contributed by atoms with van der Waals surface area (Å²) in [6, 6.07) is 15.6. The van der Waals surface area contributed by atoms with Gasteiger partial charge < -0.3 is 5.32 Å². The highest BCUT2D eigenvalue weighted by molar-refractivity contribution is 8.15. The average molecular weight is 456 g/mol. The van der Waals surface area contributed by atoms with Gasteiger partial charge in [-0.3, -0.25) is 19.3 Å². The third-order valence-corrected chi connectivity index (χ3v) is 6.65. The Balaban J connectivity index is 1.32. The molecule has 1 aromatic heterocycles. The van der Waals surface area contributed by atoms with Gasteiger partial charge in [0.2, 0.25) is 11.8 Å². The Morgan fingerprint density at radius 3 is 2.55 bits per heavy atom. The topological polar surface area (TPSA) is 79.4 Å². The highest BCUT2D eigenvalue weighted by Crippen LogP contribution is 2.29. The van der Waals surface area contributed by atoms with Gasteiger partial charge in [-0.25, -0.2) is 9.37 Å². The molecule has 6 nitrogen and oxygen atoms in total. The molecule has 0 bridgehead atoms. The molecule has 3 amide bonds. The molecule has 1 saturated heterocycles. The fourth-order valence-corrected chi connectivity index (χ4v) is 5.04. The molecule has 9 heteroatoms. The standard InChI is InChI=1S/C22H18FN3O3S2/c23-16-8-6-15(7-9-16)10-17-12-24-21(30-17)25-19(27)13-26-20(28)18(31-22(26)29)11-14-4-2-1-3-5-14/h1-9,12,18H,10-11,13H2,(H,24,25,27)/t18-/m1/s1. The summed E-state index contributed by atoms with van der Waals surface area (Å²) in [5.41, 5.74) is 1.89. The van der Waals surface area contributed by atoms with Crippen LogP contribution in [0.5, 0.6) is 0 Å². The van der Waals surface area contributed by atoms with Gasteiger partial charge in [0.15, 0.2) is 5.13 Å². The van der Waals surface area contributed by atoms with Gasteiger partial charge in [0, 0.05) is 17.5 Å². The van der Waals surface area contributed by atoms with Crippen LogP contribution in [0.1, 0.15) is 16.0 Å². The molecule has 2 heterocycles. The van der Waals surface area contributed by atoms with Gasteiger partial charge >= 0.3 is 0 Å². The van der Waals surface area contributed by atoms with E-state index in [0.29, 0.717) is 18.0 Å². The van der Waals surface area contributed by atoms with Crippen LogP contribution in [0.25, 0.3) is 0 Å². The van der Waals surface area contributed by atoms with Crippen LogP contribution in [-0.4, -0.2) is 38.7 Å². The number of thiazole rings is 1. The number of imide groups is 1. The third kappa shape index (κ3) is 5.36. The first-order valence-corrected chi connectivity index (χ1v) is 11.2. The molecule has 0 aliphatic carbocycles. The van der Waals surface area contributed by atoms with Crippen molar-refractivity contribution in [3.8, 4) is 0 Å². The number of rotatable bonds is 7. The average Bonchev–Trinajstić information content (AvgIpc) is 3.29. The van der Waals surface area contributed by atoms with E-state index < -0.39 is 16.4 Å². The number of anilines is 1. The Morgan fingerprint density at radius 1 is 1.06 bits per heavy atom. The van der Waals surface area contributed by atoms with Crippen LogP contribution in [-0.2, 0) is 22.4 Å². The van der Waals surface area contributed by atoms with Gasteiger partial charge in [-0.1, -0.05) is 54.2 Å². The van der Waals surface area contributed by atoms with Crippen molar-refractivity contribution >= 4 is 45.3 Å². The number of carbonyl (C=O) groups excluding carboxylic acids is 3. The molecule has 3 aromatic rings. The van der Waals surface area contributed by atoms with Gasteiger partial charge in [0.05, 0.1) is 5.25 Å². The number of nitrogens with one attached hydrogen (secondary N) is 1. The molecule has 4 rings (SSSR count). The Hall–Kier alpha value is -3.04. The van der Waals surface area contributed by atoms with Gasteiger partial charge in [-0.2, -0.15) is 0 Å². The van der Waals surface area contributed by atoms with Gasteiger partial charge in [0.1, 0.15) is 12.4 Å². The summed E-state index contributed by atoms with van der Waals surface area (Å²) >= 11 is 2.24. The van der Waals surface area contributed by atoms with Crippen LogP contribution in [0.3, 0.4) is 0 Å². The predicted octanol–water partition coefficient (Wildman–Crippen LogP) is 4.12. The zero-order valence-electron chi connectivity index (χ0n) is 16.3. The van der Waals surface area contributed by atoms with E-state index in [1.807, 2.05) is 30.3 Å². The van der Waals surface area contributed by atoms with Crippen molar-refractivity contribution in [3.05, 3.63) is 82.6 Å². The van der Waals surface area contributed by atoms with Crippen molar-refractivity contribution in [3.63, 3.8) is 0 Å². The highest BCUT2D eigenvalue weighted by atomic mass is 32.2. The molecule has 1 aliphatic heterocycles. The van der Waals surface area contributed by atoms with Crippen LogP contribution in [0.15, 0.2) is 60.8 Å². The minimum absolute atomic E-state index is 0.295. The maximum atomic E-state index is 13.0. The van der Waals surface area contributed by atoms with E-state index in [0.717, 1.165) is 32.7 Å². The van der Waals surface area contributed by atoms with Crippen molar-refractivity contribution in [1.82, 2.24) is 9.88 Å². The lowest BCUT2D eigenvalue weighted by atomic mass is 10.1. The molecule has 0 spiro atoms. The van der Waals surface area contributed by atoms with E-state index in [2.05, 4.69) is 10.3 Å². The molecule has 1 atom stereocenters. The zero-order valence-corrected chi connectivity index (χ0v) is 17.9. The largest absolute Gasteiger partial charge is 0.300 e. The normalized spacial score (nSPS) is 16.0. The number of halogens is 1. The van der Waals surface area contributed by atoms with Crippen molar-refractivity contribution in [2.75, 3.05) is 11.9 Å². The van der Waals surface area contributed by atoms with Crippen molar-refractivity contribution in [1.29, 1.82) is 0 Å². The monoisotopic (exact) mass is 455 g/mol. The minimum Gasteiger partial charge on any atom is -0.300 e. The summed E-state index contributed by atoms with van der Waals surface area (Å²) in [7, 11) is 0. The molecule has 1 aliphatic rings. The fraction of sp³-hybridized carbons (Fsp3) is 0.182. The Kier molecular flexibility index (Phi) is 6.43. The lowest BCUT2D eigenvalue weighted by molar-refractivity contribution is -0.130. The van der Waals surface area contributed by atoms with Crippen LogP contribution in [0, 0.1) is 5.82 Å². The van der Waals surface area contributed by atoms with Crippen LogP contribution in [0.4, 0.5) is 14.3 Å². The summed E-state index contributed by atoms with van der Waals surface area (Å²) < 4.78 is 13.0. The van der Waals surface area contributed by atoms with Crippen molar-refractivity contribution < 1.29 is 18.8 Å². The molecule has 1 N–H and O–H groups in total. The Bertz CT molecular complexity index is 1100. The number of hydrogen-bond donors (Lipinski definition) is 1. The second-order valence-electron chi connectivity index (χ2n) is 6.97. The SMILES string of the molecule is O=C(CN1C(=O)S[C@H](Cc2ccccc2)C1=O)Nc1ncc(Cc2ccc(F)cc2)s1. The zero-order chi connectivity index (χ0) is 21.8. The lowest BCUT2D eigenvalue weighted by Gasteiger charge is -2.13. The fourth-order valence-electron chi connectivity index (χ4n) is 3.15. The van der Waals surface area contributed by atoms with Crippen LogP contribution < -0.4 is 5.32 Å². The summed E-state index contributed by atoms with van der Waals surface area (Å²) in [6.45, 7) is -0.344. The summed E-state index contributed by atoms with van der Waals surface area (Å²) in [6.07, 6.45) is 2.64. The van der Waals surface area contributed by atoms with E-state index in [4.69, 9.17) is 0 Å². The molecular formula is C22H18FN3O3S2. The van der Waals surface area contributed by atoms with E-state index in [1.165, 1.54) is 23.5 Å². The molecule has 1 fully saturated rings. The predicted molar refractivity (Wildman–Crippen MR) is 119 cm³/mol. The summed E-state index contributed by atoms with van der Waals surface area (Å²) in [5.74, 6) is -1.13. The van der Waals surface area contributed by atoms with E-state index >= 15 is 0 Å². The summed E-state index contributed by atoms with van der Waals surface area (Å²) in [5, 5.41) is 2.08. The van der Waals surface area contributed by atoms with Crippen molar-refractivity contribution in [2.24, 2.45) is 0 Å². The van der Waals surface area contributed by atoms with Crippen LogP contribution >= 0.6 is 23.1 Å². The maximum Gasteiger partial charge on any atom is 0.289 e.